The third kappa shape index (κ3) is 4.03. The molecule has 0 aliphatic carbocycles. The fraction of sp³-hybridized carbons (Fsp3) is 0.333. The van der Waals surface area contributed by atoms with Gasteiger partial charge in [0.2, 0.25) is 15.8 Å². The summed E-state index contributed by atoms with van der Waals surface area (Å²) in [4.78, 5) is 10.7. The van der Waals surface area contributed by atoms with Gasteiger partial charge in [0.05, 0.1) is 9.82 Å². The summed E-state index contributed by atoms with van der Waals surface area (Å²) in [5.41, 5.74) is 0.519. The maximum atomic E-state index is 12.6. The predicted molar refractivity (Wildman–Crippen MR) is 99.1 cm³/mol. The highest BCUT2D eigenvalue weighted by atomic mass is 32.2. The Labute approximate surface area is 153 Å². The fourth-order valence-electron chi connectivity index (χ4n) is 2.61. The second-order valence-electron chi connectivity index (χ2n) is 5.54. The number of nitrogens with zero attached hydrogens (tertiary/aromatic N) is 2. The standard InChI is InChI=1S/C18H22N2O5S/c1-4-14-9-7-8-10-17(14)25-18-12-11-15(13-16(18)20(21)22)26(23,24)19(5-2)6-3/h7-13H,4-6H2,1-3H3. The van der Waals surface area contributed by atoms with Gasteiger partial charge in [0.1, 0.15) is 5.75 Å². The van der Waals surface area contributed by atoms with Crippen molar-refractivity contribution in [1.29, 1.82) is 0 Å². The first-order chi connectivity index (χ1) is 12.3. The van der Waals surface area contributed by atoms with Gasteiger partial charge in [0.15, 0.2) is 0 Å². The molecule has 0 N–H and O–H groups in total. The van der Waals surface area contributed by atoms with E-state index in [0.717, 1.165) is 11.6 Å². The van der Waals surface area contributed by atoms with Gasteiger partial charge in [-0.3, -0.25) is 10.1 Å². The second-order valence-corrected chi connectivity index (χ2v) is 7.48. The van der Waals surface area contributed by atoms with Crippen LogP contribution in [0, 0.1) is 10.1 Å². The van der Waals surface area contributed by atoms with Crippen LogP contribution in [0.4, 0.5) is 5.69 Å². The van der Waals surface area contributed by atoms with Crippen molar-refractivity contribution in [2.75, 3.05) is 13.1 Å². The molecule has 0 radical (unpaired) electrons. The number of ether oxygens (including phenoxy) is 1. The highest BCUT2D eigenvalue weighted by Gasteiger charge is 2.26. The maximum absolute atomic E-state index is 12.6. The van der Waals surface area contributed by atoms with E-state index in [4.69, 9.17) is 4.74 Å². The largest absolute Gasteiger partial charge is 0.450 e. The van der Waals surface area contributed by atoms with E-state index in [1.807, 2.05) is 19.1 Å². The van der Waals surface area contributed by atoms with Crippen LogP contribution in [0.3, 0.4) is 0 Å². The van der Waals surface area contributed by atoms with E-state index in [0.29, 0.717) is 12.2 Å². The van der Waals surface area contributed by atoms with Crippen molar-refractivity contribution in [3.05, 3.63) is 58.1 Å². The Balaban J connectivity index is 2.49. The van der Waals surface area contributed by atoms with Crippen LogP contribution in [-0.2, 0) is 16.4 Å². The zero-order valence-electron chi connectivity index (χ0n) is 15.0. The molecule has 0 aliphatic heterocycles. The Kier molecular flexibility index (Phi) is 6.33. The van der Waals surface area contributed by atoms with E-state index in [2.05, 4.69) is 0 Å². The number of rotatable bonds is 8. The molecule has 26 heavy (non-hydrogen) atoms. The Morgan fingerprint density at radius 3 is 2.27 bits per heavy atom. The zero-order valence-corrected chi connectivity index (χ0v) is 15.8. The van der Waals surface area contributed by atoms with Crippen LogP contribution in [0.1, 0.15) is 26.3 Å². The normalized spacial score (nSPS) is 11.5. The maximum Gasteiger partial charge on any atom is 0.312 e. The summed E-state index contributed by atoms with van der Waals surface area (Å²) in [7, 11) is -3.79. The molecule has 0 saturated carbocycles. The van der Waals surface area contributed by atoms with Gasteiger partial charge in [-0.15, -0.1) is 0 Å². The Morgan fingerprint density at radius 2 is 1.69 bits per heavy atom. The molecular weight excluding hydrogens is 356 g/mol. The molecule has 0 spiro atoms. The average molecular weight is 378 g/mol. The molecule has 8 heteroatoms. The monoisotopic (exact) mass is 378 g/mol. The summed E-state index contributed by atoms with van der Waals surface area (Å²) in [5, 5.41) is 11.5. The molecule has 2 rings (SSSR count). The van der Waals surface area contributed by atoms with Crippen molar-refractivity contribution < 1.29 is 18.1 Å². The smallest absolute Gasteiger partial charge is 0.312 e. The van der Waals surface area contributed by atoms with Crippen molar-refractivity contribution in [2.45, 2.75) is 32.1 Å². The minimum absolute atomic E-state index is 0.00870. The molecule has 0 atom stereocenters. The summed E-state index contributed by atoms with van der Waals surface area (Å²) in [6.45, 7) is 5.96. The summed E-state index contributed by atoms with van der Waals surface area (Å²) >= 11 is 0. The Bertz CT molecular complexity index is 892. The molecule has 0 amide bonds. The quantitative estimate of drug-likeness (QED) is 0.512. The van der Waals surface area contributed by atoms with Crippen LogP contribution >= 0.6 is 0 Å². The number of nitro groups is 1. The Morgan fingerprint density at radius 1 is 1.04 bits per heavy atom. The summed E-state index contributed by atoms with van der Waals surface area (Å²) in [6.07, 6.45) is 0.707. The number of aryl methyl sites for hydroxylation is 1. The molecule has 2 aromatic rings. The van der Waals surface area contributed by atoms with Gasteiger partial charge in [-0.2, -0.15) is 4.31 Å². The van der Waals surface area contributed by atoms with Gasteiger partial charge in [-0.05, 0) is 30.2 Å². The molecule has 0 heterocycles. The fourth-order valence-corrected chi connectivity index (χ4v) is 4.09. The molecule has 7 nitrogen and oxygen atoms in total. The highest BCUT2D eigenvalue weighted by molar-refractivity contribution is 7.89. The lowest BCUT2D eigenvalue weighted by Gasteiger charge is -2.18. The first-order valence-corrected chi connectivity index (χ1v) is 9.83. The van der Waals surface area contributed by atoms with Crippen molar-refractivity contribution in [2.24, 2.45) is 0 Å². The molecule has 0 aromatic heterocycles. The van der Waals surface area contributed by atoms with Gasteiger partial charge in [-0.1, -0.05) is 39.0 Å². The SMILES string of the molecule is CCc1ccccc1Oc1ccc(S(=O)(=O)N(CC)CC)cc1[N+](=O)[O-]. The Hall–Kier alpha value is -2.45. The average Bonchev–Trinajstić information content (AvgIpc) is 2.63. The first-order valence-electron chi connectivity index (χ1n) is 8.39. The lowest BCUT2D eigenvalue weighted by atomic mass is 10.1. The van der Waals surface area contributed by atoms with Crippen LogP contribution in [0.2, 0.25) is 0 Å². The van der Waals surface area contributed by atoms with E-state index >= 15 is 0 Å². The van der Waals surface area contributed by atoms with Gasteiger partial charge in [-0.25, -0.2) is 8.42 Å². The van der Waals surface area contributed by atoms with Crippen LogP contribution < -0.4 is 4.74 Å². The summed E-state index contributed by atoms with van der Waals surface area (Å²) in [6, 6.07) is 11.0. The number of sulfonamides is 1. The topological polar surface area (TPSA) is 89.8 Å². The van der Waals surface area contributed by atoms with E-state index in [9.17, 15) is 18.5 Å². The van der Waals surface area contributed by atoms with E-state index in [1.54, 1.807) is 26.0 Å². The third-order valence-corrected chi connectivity index (χ3v) is 6.09. The van der Waals surface area contributed by atoms with Crippen LogP contribution in [0.25, 0.3) is 0 Å². The lowest BCUT2D eigenvalue weighted by molar-refractivity contribution is -0.385. The number of hydrogen-bond donors (Lipinski definition) is 0. The van der Waals surface area contributed by atoms with E-state index in [-0.39, 0.29) is 29.4 Å². The summed E-state index contributed by atoms with van der Waals surface area (Å²) < 4.78 is 32.2. The van der Waals surface area contributed by atoms with Crippen molar-refractivity contribution >= 4 is 15.7 Å². The molecule has 0 bridgehead atoms. The van der Waals surface area contributed by atoms with Crippen molar-refractivity contribution in [1.82, 2.24) is 4.31 Å². The van der Waals surface area contributed by atoms with Crippen molar-refractivity contribution in [3.63, 3.8) is 0 Å². The van der Waals surface area contributed by atoms with Crippen molar-refractivity contribution in [3.8, 4) is 11.5 Å². The molecule has 140 valence electrons. The summed E-state index contributed by atoms with van der Waals surface area (Å²) in [5.74, 6) is 0.520. The van der Waals surface area contributed by atoms with Crippen LogP contribution in [-0.4, -0.2) is 30.7 Å². The van der Waals surface area contributed by atoms with Gasteiger partial charge < -0.3 is 4.74 Å². The number of nitro benzene ring substituents is 1. The van der Waals surface area contributed by atoms with E-state index < -0.39 is 14.9 Å². The minimum atomic E-state index is -3.79. The number of benzene rings is 2. The highest BCUT2D eigenvalue weighted by Crippen LogP contribution is 2.35. The molecule has 0 fully saturated rings. The van der Waals surface area contributed by atoms with Gasteiger partial charge in [0, 0.05) is 19.2 Å². The third-order valence-electron chi connectivity index (χ3n) is 4.04. The van der Waals surface area contributed by atoms with Gasteiger partial charge in [0.25, 0.3) is 0 Å². The van der Waals surface area contributed by atoms with E-state index in [1.165, 1.54) is 16.4 Å². The first kappa shape index (κ1) is 19.9. The molecule has 0 saturated heterocycles. The number of para-hydroxylation sites is 1. The molecule has 2 aromatic carbocycles. The minimum Gasteiger partial charge on any atom is -0.450 e. The molecule has 0 aliphatic rings. The second kappa shape index (κ2) is 8.29. The predicted octanol–water partition coefficient (Wildman–Crippen LogP) is 3.98. The van der Waals surface area contributed by atoms with Crippen LogP contribution in [0.5, 0.6) is 11.5 Å². The molecular formula is C18H22N2O5S. The number of hydrogen-bond acceptors (Lipinski definition) is 5. The molecule has 0 unspecified atom stereocenters. The van der Waals surface area contributed by atoms with Gasteiger partial charge >= 0.3 is 5.69 Å². The van der Waals surface area contributed by atoms with Crippen LogP contribution in [0.15, 0.2) is 47.4 Å². The lowest BCUT2D eigenvalue weighted by Crippen LogP contribution is -2.30. The zero-order chi connectivity index (χ0) is 19.3.